The van der Waals surface area contributed by atoms with Crippen molar-refractivity contribution in [1.29, 1.82) is 0 Å². The lowest BCUT2D eigenvalue weighted by atomic mass is 10.2. The van der Waals surface area contributed by atoms with E-state index < -0.39 is 0 Å². The van der Waals surface area contributed by atoms with Crippen LogP contribution in [0.4, 0.5) is 0 Å². The maximum Gasteiger partial charge on any atom is 0.120 e. The van der Waals surface area contributed by atoms with Crippen molar-refractivity contribution in [3.8, 4) is 0 Å². The molecule has 0 aromatic carbocycles. The summed E-state index contributed by atoms with van der Waals surface area (Å²) in [6.45, 7) is 3.91. The zero-order chi connectivity index (χ0) is 11.2. The summed E-state index contributed by atoms with van der Waals surface area (Å²) in [5.74, 6) is 0.973. The average molecular weight is 220 g/mol. The predicted octanol–water partition coefficient (Wildman–Crippen LogP) is 1.61. The monoisotopic (exact) mass is 220 g/mol. The van der Waals surface area contributed by atoms with Crippen LogP contribution in [0.2, 0.25) is 0 Å². The van der Waals surface area contributed by atoms with Crippen LogP contribution in [0.3, 0.4) is 0 Å². The van der Waals surface area contributed by atoms with Crippen molar-refractivity contribution < 1.29 is 4.42 Å². The number of aromatic nitrogens is 3. The third-order valence-electron chi connectivity index (χ3n) is 2.46. The highest BCUT2D eigenvalue weighted by Crippen LogP contribution is 2.11. The van der Waals surface area contributed by atoms with E-state index in [1.54, 1.807) is 12.5 Å². The van der Waals surface area contributed by atoms with Gasteiger partial charge in [-0.1, -0.05) is 5.21 Å². The van der Waals surface area contributed by atoms with Crippen LogP contribution in [-0.4, -0.2) is 21.5 Å². The molecular formula is C11H16N4O. The minimum atomic E-state index is 0.255. The molecule has 1 atom stereocenters. The van der Waals surface area contributed by atoms with Crippen LogP contribution in [0, 0.1) is 0 Å². The lowest BCUT2D eigenvalue weighted by Crippen LogP contribution is -2.20. The van der Waals surface area contributed by atoms with Gasteiger partial charge >= 0.3 is 0 Å². The Kier molecular flexibility index (Phi) is 3.71. The molecule has 0 bridgehead atoms. The van der Waals surface area contributed by atoms with E-state index in [0.717, 1.165) is 25.3 Å². The van der Waals surface area contributed by atoms with Crippen LogP contribution in [0.5, 0.6) is 0 Å². The Balaban J connectivity index is 1.65. The molecule has 86 valence electrons. The largest absolute Gasteiger partial charge is 0.468 e. The molecule has 2 rings (SSSR count). The molecule has 2 heterocycles. The average Bonchev–Trinajstić information content (AvgIpc) is 2.96. The summed E-state index contributed by atoms with van der Waals surface area (Å²) in [5.41, 5.74) is 0. The zero-order valence-corrected chi connectivity index (χ0v) is 9.34. The zero-order valence-electron chi connectivity index (χ0n) is 9.34. The van der Waals surface area contributed by atoms with Crippen LogP contribution in [0.15, 0.2) is 35.2 Å². The van der Waals surface area contributed by atoms with E-state index >= 15 is 0 Å². The van der Waals surface area contributed by atoms with Gasteiger partial charge in [-0.05, 0) is 32.0 Å². The third-order valence-corrected chi connectivity index (χ3v) is 2.46. The van der Waals surface area contributed by atoms with E-state index in [2.05, 4.69) is 22.6 Å². The molecule has 0 aliphatic carbocycles. The van der Waals surface area contributed by atoms with Crippen molar-refractivity contribution in [3.05, 3.63) is 36.5 Å². The smallest absolute Gasteiger partial charge is 0.120 e. The second-order valence-corrected chi connectivity index (χ2v) is 3.71. The fourth-order valence-electron chi connectivity index (χ4n) is 1.55. The van der Waals surface area contributed by atoms with Crippen LogP contribution in [-0.2, 0) is 6.54 Å². The van der Waals surface area contributed by atoms with Gasteiger partial charge in [0.1, 0.15) is 5.76 Å². The summed E-state index contributed by atoms with van der Waals surface area (Å²) < 4.78 is 7.14. The first-order valence-electron chi connectivity index (χ1n) is 5.47. The molecule has 0 spiro atoms. The van der Waals surface area contributed by atoms with Crippen LogP contribution < -0.4 is 5.32 Å². The Morgan fingerprint density at radius 1 is 1.56 bits per heavy atom. The molecule has 5 nitrogen and oxygen atoms in total. The van der Waals surface area contributed by atoms with Crippen molar-refractivity contribution in [3.63, 3.8) is 0 Å². The molecule has 0 aliphatic heterocycles. The van der Waals surface area contributed by atoms with E-state index in [9.17, 15) is 0 Å². The molecule has 0 radical (unpaired) electrons. The van der Waals surface area contributed by atoms with Gasteiger partial charge in [0.15, 0.2) is 0 Å². The number of rotatable bonds is 6. The topological polar surface area (TPSA) is 55.9 Å². The number of hydrogen-bond donors (Lipinski definition) is 1. The van der Waals surface area contributed by atoms with Crippen molar-refractivity contribution >= 4 is 0 Å². The summed E-state index contributed by atoms with van der Waals surface area (Å²) in [5, 5.41) is 11.0. The van der Waals surface area contributed by atoms with Gasteiger partial charge in [0.2, 0.25) is 0 Å². The lowest BCUT2D eigenvalue weighted by molar-refractivity contribution is 0.420. The number of nitrogens with one attached hydrogen (secondary N) is 1. The molecule has 1 N–H and O–H groups in total. The van der Waals surface area contributed by atoms with E-state index in [1.807, 2.05) is 23.0 Å². The van der Waals surface area contributed by atoms with Gasteiger partial charge in [-0.25, -0.2) is 0 Å². The molecule has 16 heavy (non-hydrogen) atoms. The van der Waals surface area contributed by atoms with Crippen molar-refractivity contribution in [2.75, 3.05) is 6.54 Å². The Morgan fingerprint density at radius 3 is 3.19 bits per heavy atom. The predicted molar refractivity (Wildman–Crippen MR) is 59.8 cm³/mol. The van der Waals surface area contributed by atoms with Gasteiger partial charge in [0.25, 0.3) is 0 Å². The van der Waals surface area contributed by atoms with Gasteiger partial charge in [-0.3, -0.25) is 4.68 Å². The highest BCUT2D eigenvalue weighted by atomic mass is 16.3. The number of nitrogens with zero attached hydrogens (tertiary/aromatic N) is 3. The summed E-state index contributed by atoms with van der Waals surface area (Å²) in [4.78, 5) is 0. The van der Waals surface area contributed by atoms with Gasteiger partial charge < -0.3 is 9.73 Å². The summed E-state index contributed by atoms with van der Waals surface area (Å²) in [6.07, 6.45) is 6.28. The molecule has 0 aliphatic rings. The first-order valence-corrected chi connectivity index (χ1v) is 5.47. The highest BCUT2D eigenvalue weighted by Gasteiger charge is 2.06. The van der Waals surface area contributed by atoms with Crippen molar-refractivity contribution in [2.45, 2.75) is 25.9 Å². The molecule has 5 heteroatoms. The first-order chi connectivity index (χ1) is 7.86. The van der Waals surface area contributed by atoms with E-state index in [1.165, 1.54) is 0 Å². The maximum atomic E-state index is 5.31. The van der Waals surface area contributed by atoms with Crippen LogP contribution in [0.1, 0.15) is 25.1 Å². The molecule has 2 aromatic rings. The Labute approximate surface area is 94.5 Å². The Morgan fingerprint density at radius 2 is 2.50 bits per heavy atom. The van der Waals surface area contributed by atoms with Crippen LogP contribution >= 0.6 is 0 Å². The standard InChI is InChI=1S/C11H16N4O/c1-10(11-4-2-9-16-11)12-5-3-7-15-8-6-13-14-15/h2,4,6,8-10,12H,3,5,7H2,1H3. The molecule has 0 fully saturated rings. The third kappa shape index (κ3) is 2.93. The molecule has 1 unspecified atom stereocenters. The van der Waals surface area contributed by atoms with Crippen LogP contribution in [0.25, 0.3) is 0 Å². The molecule has 2 aromatic heterocycles. The summed E-state index contributed by atoms with van der Waals surface area (Å²) >= 11 is 0. The van der Waals surface area contributed by atoms with Gasteiger partial charge in [-0.15, -0.1) is 5.10 Å². The van der Waals surface area contributed by atoms with E-state index in [4.69, 9.17) is 4.42 Å². The fourth-order valence-corrected chi connectivity index (χ4v) is 1.55. The summed E-state index contributed by atoms with van der Waals surface area (Å²) in [7, 11) is 0. The molecule has 0 amide bonds. The molecule has 0 saturated carbocycles. The minimum absolute atomic E-state index is 0.255. The van der Waals surface area contributed by atoms with Gasteiger partial charge in [0.05, 0.1) is 18.5 Å². The second kappa shape index (κ2) is 5.46. The summed E-state index contributed by atoms with van der Waals surface area (Å²) in [6, 6.07) is 4.14. The highest BCUT2D eigenvalue weighted by molar-refractivity contribution is 5.02. The number of aryl methyl sites for hydroxylation is 1. The van der Waals surface area contributed by atoms with Gasteiger partial charge in [0, 0.05) is 12.7 Å². The normalized spacial score (nSPS) is 12.8. The SMILES string of the molecule is CC(NCCCn1ccnn1)c1ccco1. The van der Waals surface area contributed by atoms with Crippen molar-refractivity contribution in [2.24, 2.45) is 0 Å². The second-order valence-electron chi connectivity index (χ2n) is 3.71. The fraction of sp³-hybridized carbons (Fsp3) is 0.455. The lowest BCUT2D eigenvalue weighted by Gasteiger charge is -2.10. The Bertz CT molecular complexity index is 382. The minimum Gasteiger partial charge on any atom is -0.468 e. The maximum absolute atomic E-state index is 5.31. The van der Waals surface area contributed by atoms with Crippen molar-refractivity contribution in [1.82, 2.24) is 20.3 Å². The molecular weight excluding hydrogens is 204 g/mol. The first kappa shape index (κ1) is 10.9. The number of hydrogen-bond acceptors (Lipinski definition) is 4. The molecule has 0 saturated heterocycles. The Hall–Kier alpha value is -1.62. The van der Waals surface area contributed by atoms with Gasteiger partial charge in [-0.2, -0.15) is 0 Å². The quantitative estimate of drug-likeness (QED) is 0.751. The number of furan rings is 1. The van der Waals surface area contributed by atoms with E-state index in [-0.39, 0.29) is 6.04 Å². The van der Waals surface area contributed by atoms with E-state index in [0.29, 0.717) is 0 Å².